The lowest BCUT2D eigenvalue weighted by atomic mass is 10.1. The summed E-state index contributed by atoms with van der Waals surface area (Å²) in [6, 6.07) is 13.0. The Kier molecular flexibility index (Phi) is 4.10. The molecule has 2 aromatic carbocycles. The molecule has 0 amide bonds. The van der Waals surface area contributed by atoms with Crippen LogP contribution in [0.2, 0.25) is 0 Å². The van der Waals surface area contributed by atoms with Gasteiger partial charge in [-0.3, -0.25) is 0 Å². The molecule has 2 aromatic rings. The molecule has 1 aliphatic heterocycles. The van der Waals surface area contributed by atoms with Crippen LogP contribution in [0.25, 0.3) is 0 Å². The second-order valence-corrected chi connectivity index (χ2v) is 5.62. The highest BCUT2D eigenvalue weighted by molar-refractivity contribution is 5.89. The number of aromatic carboxylic acids is 1. The molecule has 0 saturated carbocycles. The summed E-state index contributed by atoms with van der Waals surface area (Å²) in [5.41, 5.74) is 2.21. The molecule has 0 radical (unpaired) electrons. The average molecular weight is 313 g/mol. The smallest absolute Gasteiger partial charge is 0.335 e. The van der Waals surface area contributed by atoms with E-state index in [0.29, 0.717) is 13.2 Å². The van der Waals surface area contributed by atoms with E-state index in [-0.39, 0.29) is 11.6 Å². The molecule has 120 valence electrons. The lowest BCUT2D eigenvalue weighted by Crippen LogP contribution is -2.40. The number of fused-ring (bicyclic) bond motifs is 1. The van der Waals surface area contributed by atoms with Crippen LogP contribution in [0.1, 0.15) is 22.8 Å². The van der Waals surface area contributed by atoms with E-state index in [9.17, 15) is 9.90 Å². The maximum atomic E-state index is 11.2. The van der Waals surface area contributed by atoms with E-state index >= 15 is 0 Å². The van der Waals surface area contributed by atoms with E-state index in [0.717, 1.165) is 22.7 Å². The first-order valence-electron chi connectivity index (χ1n) is 7.48. The predicted molar refractivity (Wildman–Crippen MR) is 87.5 cm³/mol. The lowest BCUT2D eigenvalue weighted by Gasteiger charge is -2.37. The monoisotopic (exact) mass is 313 g/mol. The third-order valence-corrected chi connectivity index (χ3v) is 4.04. The van der Waals surface area contributed by atoms with Crippen molar-refractivity contribution >= 4 is 11.7 Å². The first kappa shape index (κ1) is 15.2. The van der Waals surface area contributed by atoms with Gasteiger partial charge in [-0.1, -0.05) is 12.1 Å². The first-order chi connectivity index (χ1) is 11.1. The van der Waals surface area contributed by atoms with Gasteiger partial charge in [0.2, 0.25) is 0 Å². The molecular formula is C18H19NO4. The zero-order valence-corrected chi connectivity index (χ0v) is 13.2. The van der Waals surface area contributed by atoms with Gasteiger partial charge in [0.25, 0.3) is 0 Å². The summed E-state index contributed by atoms with van der Waals surface area (Å²) in [5, 5.41) is 9.21. The van der Waals surface area contributed by atoms with Gasteiger partial charge in [-0.15, -0.1) is 0 Å². The molecule has 0 saturated heterocycles. The second-order valence-electron chi connectivity index (χ2n) is 5.62. The van der Waals surface area contributed by atoms with Crippen molar-refractivity contribution in [3.63, 3.8) is 0 Å². The third kappa shape index (κ3) is 3.08. The molecule has 1 atom stereocenters. The third-order valence-electron chi connectivity index (χ3n) is 4.04. The van der Waals surface area contributed by atoms with E-state index in [2.05, 4.69) is 11.8 Å². The van der Waals surface area contributed by atoms with E-state index in [1.165, 1.54) is 0 Å². The van der Waals surface area contributed by atoms with Gasteiger partial charge in [0, 0.05) is 6.54 Å². The minimum Gasteiger partial charge on any atom is -0.497 e. The summed E-state index contributed by atoms with van der Waals surface area (Å²) in [6.07, 6.45) is 0. The summed E-state index contributed by atoms with van der Waals surface area (Å²) >= 11 is 0. The van der Waals surface area contributed by atoms with Gasteiger partial charge in [-0.05, 0) is 42.8 Å². The van der Waals surface area contributed by atoms with Crippen molar-refractivity contribution in [3.05, 3.63) is 53.6 Å². The molecule has 0 bridgehead atoms. The average Bonchev–Trinajstić information content (AvgIpc) is 2.57. The minimum atomic E-state index is -0.935. The molecule has 0 spiro atoms. The van der Waals surface area contributed by atoms with Crippen LogP contribution in [-0.4, -0.2) is 30.8 Å². The summed E-state index contributed by atoms with van der Waals surface area (Å²) in [5.74, 6) is 0.606. The zero-order valence-electron chi connectivity index (χ0n) is 13.2. The number of carboxylic acid groups (broad SMARTS) is 1. The van der Waals surface area contributed by atoms with Crippen molar-refractivity contribution in [2.45, 2.75) is 19.5 Å². The number of nitrogens with zero attached hydrogens (tertiary/aromatic N) is 1. The molecule has 0 aliphatic carbocycles. The van der Waals surface area contributed by atoms with Crippen molar-refractivity contribution in [1.29, 1.82) is 0 Å². The number of ether oxygens (including phenoxy) is 2. The molecule has 0 fully saturated rings. The molecule has 1 aliphatic rings. The van der Waals surface area contributed by atoms with E-state index in [1.54, 1.807) is 25.3 Å². The van der Waals surface area contributed by atoms with E-state index in [1.807, 2.05) is 24.3 Å². The SMILES string of the molecule is COc1ccc(CN2c3cc(C(=O)O)ccc3OCC2C)cc1. The summed E-state index contributed by atoms with van der Waals surface area (Å²) in [6.45, 7) is 3.33. The Hall–Kier alpha value is -2.69. The standard InChI is InChI=1S/C18H19NO4/c1-12-11-23-17-8-5-14(18(20)21)9-16(17)19(12)10-13-3-6-15(22-2)7-4-13/h3-9,12H,10-11H2,1-2H3,(H,20,21). The number of benzene rings is 2. The fraction of sp³-hybridized carbons (Fsp3) is 0.278. The van der Waals surface area contributed by atoms with Crippen LogP contribution in [-0.2, 0) is 6.54 Å². The van der Waals surface area contributed by atoms with Gasteiger partial charge in [0.05, 0.1) is 24.4 Å². The zero-order chi connectivity index (χ0) is 16.4. The molecule has 5 nitrogen and oxygen atoms in total. The molecule has 1 N–H and O–H groups in total. The predicted octanol–water partition coefficient (Wildman–Crippen LogP) is 3.18. The van der Waals surface area contributed by atoms with Crippen molar-refractivity contribution in [3.8, 4) is 11.5 Å². The van der Waals surface area contributed by atoms with Crippen LogP contribution in [0.5, 0.6) is 11.5 Å². The molecule has 23 heavy (non-hydrogen) atoms. The molecule has 5 heteroatoms. The molecule has 0 aromatic heterocycles. The van der Waals surface area contributed by atoms with Gasteiger partial charge in [0.1, 0.15) is 18.1 Å². The lowest BCUT2D eigenvalue weighted by molar-refractivity contribution is 0.0697. The highest BCUT2D eigenvalue weighted by Gasteiger charge is 2.25. The highest BCUT2D eigenvalue weighted by atomic mass is 16.5. The number of methoxy groups -OCH3 is 1. The van der Waals surface area contributed by atoms with E-state index < -0.39 is 5.97 Å². The quantitative estimate of drug-likeness (QED) is 0.939. The number of rotatable bonds is 4. The van der Waals surface area contributed by atoms with Crippen molar-refractivity contribution in [2.24, 2.45) is 0 Å². The summed E-state index contributed by atoms with van der Waals surface area (Å²) in [4.78, 5) is 13.4. The van der Waals surface area contributed by atoms with Crippen LogP contribution in [0.3, 0.4) is 0 Å². The normalized spacial score (nSPS) is 16.4. The highest BCUT2D eigenvalue weighted by Crippen LogP contribution is 2.36. The van der Waals surface area contributed by atoms with Crippen molar-refractivity contribution in [1.82, 2.24) is 0 Å². The van der Waals surface area contributed by atoms with Gasteiger partial charge in [-0.25, -0.2) is 4.79 Å². The Morgan fingerprint density at radius 1 is 1.30 bits per heavy atom. The van der Waals surface area contributed by atoms with Gasteiger partial charge < -0.3 is 19.5 Å². The van der Waals surface area contributed by atoms with Gasteiger partial charge >= 0.3 is 5.97 Å². The number of anilines is 1. The van der Waals surface area contributed by atoms with Crippen molar-refractivity contribution in [2.75, 3.05) is 18.6 Å². The fourth-order valence-corrected chi connectivity index (χ4v) is 2.70. The maximum Gasteiger partial charge on any atom is 0.335 e. The Labute approximate surface area is 135 Å². The molecule has 1 unspecified atom stereocenters. The van der Waals surface area contributed by atoms with Gasteiger partial charge in [0.15, 0.2) is 0 Å². The number of hydrogen-bond acceptors (Lipinski definition) is 4. The number of carbonyl (C=O) groups is 1. The van der Waals surface area contributed by atoms with Crippen LogP contribution in [0.4, 0.5) is 5.69 Å². The van der Waals surface area contributed by atoms with Crippen LogP contribution >= 0.6 is 0 Å². The van der Waals surface area contributed by atoms with Crippen LogP contribution in [0, 0.1) is 0 Å². The Morgan fingerprint density at radius 3 is 2.70 bits per heavy atom. The van der Waals surface area contributed by atoms with Gasteiger partial charge in [-0.2, -0.15) is 0 Å². The van der Waals surface area contributed by atoms with Crippen LogP contribution < -0.4 is 14.4 Å². The minimum absolute atomic E-state index is 0.161. The topological polar surface area (TPSA) is 59.0 Å². The first-order valence-corrected chi connectivity index (χ1v) is 7.48. The largest absolute Gasteiger partial charge is 0.497 e. The summed E-state index contributed by atoms with van der Waals surface area (Å²) in [7, 11) is 1.64. The Morgan fingerprint density at radius 2 is 2.04 bits per heavy atom. The van der Waals surface area contributed by atoms with E-state index in [4.69, 9.17) is 9.47 Å². The molecule has 3 rings (SSSR count). The van der Waals surface area contributed by atoms with Crippen molar-refractivity contribution < 1.29 is 19.4 Å². The molecular weight excluding hydrogens is 294 g/mol. The summed E-state index contributed by atoms with van der Waals surface area (Å²) < 4.78 is 10.9. The molecule has 1 heterocycles. The Bertz CT molecular complexity index is 711. The van der Waals surface area contributed by atoms with Crippen LogP contribution in [0.15, 0.2) is 42.5 Å². The second kappa shape index (κ2) is 6.20. The number of hydrogen-bond donors (Lipinski definition) is 1. The Balaban J connectivity index is 1.92. The number of carboxylic acids is 1. The fourth-order valence-electron chi connectivity index (χ4n) is 2.70. The maximum absolute atomic E-state index is 11.2.